The summed E-state index contributed by atoms with van der Waals surface area (Å²) in [6.07, 6.45) is 0. The number of aromatic nitrogens is 2. The lowest BCUT2D eigenvalue weighted by molar-refractivity contribution is 0.229. The quantitative estimate of drug-likeness (QED) is 0.721. The number of rotatable bonds is 5. The molecule has 0 bridgehead atoms. The number of nitrogens with zero attached hydrogens (tertiary/aromatic N) is 3. The van der Waals surface area contributed by atoms with E-state index in [0.29, 0.717) is 18.3 Å². The van der Waals surface area contributed by atoms with Crippen molar-refractivity contribution in [3.63, 3.8) is 0 Å². The molecule has 0 atom stereocenters. The van der Waals surface area contributed by atoms with E-state index in [9.17, 15) is 0 Å². The Hall–Kier alpha value is -2.46. The Morgan fingerprint density at radius 2 is 1.50 bits per heavy atom. The lowest BCUT2D eigenvalue weighted by Crippen LogP contribution is -2.25. The molecule has 1 aromatic heterocycles. The van der Waals surface area contributed by atoms with Crippen LogP contribution in [0.3, 0.4) is 0 Å². The summed E-state index contributed by atoms with van der Waals surface area (Å²) < 4.78 is 5.25. The van der Waals surface area contributed by atoms with E-state index in [1.807, 2.05) is 19.1 Å². The van der Waals surface area contributed by atoms with Gasteiger partial charge in [-0.05, 0) is 25.1 Å². The molecule has 22 heavy (non-hydrogen) atoms. The fourth-order valence-corrected chi connectivity index (χ4v) is 2.68. The SMILES string of the molecule is Cc1noc(CN(C)C(c2ccccc2)c2ccccc2)n1. The molecule has 0 spiro atoms. The van der Waals surface area contributed by atoms with E-state index in [1.165, 1.54) is 11.1 Å². The molecule has 0 fully saturated rings. The van der Waals surface area contributed by atoms with Gasteiger partial charge in [-0.3, -0.25) is 4.90 Å². The average molecular weight is 293 g/mol. The molecule has 0 aliphatic heterocycles. The van der Waals surface area contributed by atoms with E-state index in [0.717, 1.165) is 0 Å². The van der Waals surface area contributed by atoms with Gasteiger partial charge in [0.1, 0.15) is 0 Å². The molecule has 0 aliphatic rings. The van der Waals surface area contributed by atoms with Gasteiger partial charge in [0.05, 0.1) is 12.6 Å². The van der Waals surface area contributed by atoms with Crippen molar-refractivity contribution < 1.29 is 4.52 Å². The zero-order valence-electron chi connectivity index (χ0n) is 12.8. The first kappa shape index (κ1) is 14.5. The van der Waals surface area contributed by atoms with Gasteiger partial charge in [-0.15, -0.1) is 0 Å². The first-order valence-electron chi connectivity index (χ1n) is 7.33. The Morgan fingerprint density at radius 3 is 1.95 bits per heavy atom. The largest absolute Gasteiger partial charge is 0.338 e. The van der Waals surface area contributed by atoms with Gasteiger partial charge in [-0.2, -0.15) is 4.98 Å². The Morgan fingerprint density at radius 1 is 0.955 bits per heavy atom. The lowest BCUT2D eigenvalue weighted by atomic mass is 9.97. The monoisotopic (exact) mass is 293 g/mol. The van der Waals surface area contributed by atoms with Crippen molar-refractivity contribution in [2.24, 2.45) is 0 Å². The topological polar surface area (TPSA) is 42.2 Å². The van der Waals surface area contributed by atoms with E-state index >= 15 is 0 Å². The standard InChI is InChI=1S/C18H19N3O/c1-14-19-17(22-20-14)13-21(2)18(15-9-5-3-6-10-15)16-11-7-4-8-12-16/h3-12,18H,13H2,1-2H3. The fraction of sp³-hybridized carbons (Fsp3) is 0.222. The minimum Gasteiger partial charge on any atom is -0.338 e. The maximum absolute atomic E-state index is 5.25. The van der Waals surface area contributed by atoms with Crippen LogP contribution in [0.4, 0.5) is 0 Å². The number of hydrogen-bond donors (Lipinski definition) is 0. The summed E-state index contributed by atoms with van der Waals surface area (Å²) >= 11 is 0. The highest BCUT2D eigenvalue weighted by molar-refractivity contribution is 5.31. The molecule has 112 valence electrons. The smallest absolute Gasteiger partial charge is 0.240 e. The molecule has 4 nitrogen and oxygen atoms in total. The zero-order chi connectivity index (χ0) is 15.4. The van der Waals surface area contributed by atoms with Gasteiger partial charge in [0, 0.05) is 0 Å². The second kappa shape index (κ2) is 6.54. The van der Waals surface area contributed by atoms with E-state index < -0.39 is 0 Å². The second-order valence-electron chi connectivity index (χ2n) is 5.37. The van der Waals surface area contributed by atoms with Crippen LogP contribution in [0.1, 0.15) is 28.9 Å². The highest BCUT2D eigenvalue weighted by atomic mass is 16.5. The predicted molar refractivity (Wildman–Crippen MR) is 85.2 cm³/mol. The van der Waals surface area contributed by atoms with Gasteiger partial charge >= 0.3 is 0 Å². The molecular weight excluding hydrogens is 274 g/mol. The summed E-state index contributed by atoms with van der Waals surface area (Å²) in [6.45, 7) is 2.44. The number of benzene rings is 2. The summed E-state index contributed by atoms with van der Waals surface area (Å²) in [6, 6.07) is 21.1. The van der Waals surface area contributed by atoms with Crippen molar-refractivity contribution in [3.05, 3.63) is 83.5 Å². The molecule has 3 aromatic rings. The fourth-order valence-electron chi connectivity index (χ4n) is 2.68. The van der Waals surface area contributed by atoms with Crippen LogP contribution in [0.2, 0.25) is 0 Å². The lowest BCUT2D eigenvalue weighted by Gasteiger charge is -2.27. The summed E-state index contributed by atoms with van der Waals surface area (Å²) in [5, 5.41) is 3.86. The maximum atomic E-state index is 5.25. The van der Waals surface area contributed by atoms with Gasteiger partial charge in [0.15, 0.2) is 5.82 Å². The molecule has 4 heteroatoms. The first-order valence-corrected chi connectivity index (χ1v) is 7.33. The van der Waals surface area contributed by atoms with E-state index in [4.69, 9.17) is 4.52 Å². The molecule has 0 saturated heterocycles. The van der Waals surface area contributed by atoms with Crippen molar-refractivity contribution in [2.45, 2.75) is 19.5 Å². The maximum Gasteiger partial charge on any atom is 0.240 e. The van der Waals surface area contributed by atoms with Crippen molar-refractivity contribution in [1.82, 2.24) is 15.0 Å². The summed E-state index contributed by atoms with van der Waals surface area (Å²) in [4.78, 5) is 6.52. The van der Waals surface area contributed by atoms with Gasteiger partial charge in [0.25, 0.3) is 0 Å². The molecule has 2 aromatic carbocycles. The van der Waals surface area contributed by atoms with Gasteiger partial charge in [-0.25, -0.2) is 0 Å². The van der Waals surface area contributed by atoms with Crippen LogP contribution in [-0.2, 0) is 6.54 Å². The molecule has 0 amide bonds. The summed E-state index contributed by atoms with van der Waals surface area (Å²) in [5.74, 6) is 1.30. The van der Waals surface area contributed by atoms with Crippen molar-refractivity contribution in [3.8, 4) is 0 Å². The number of aryl methyl sites for hydroxylation is 1. The van der Waals surface area contributed by atoms with Gasteiger partial charge in [-0.1, -0.05) is 65.8 Å². The van der Waals surface area contributed by atoms with Crippen LogP contribution < -0.4 is 0 Å². The molecule has 0 aliphatic carbocycles. The Kier molecular flexibility index (Phi) is 4.30. The van der Waals surface area contributed by atoms with Crippen LogP contribution in [-0.4, -0.2) is 22.1 Å². The predicted octanol–water partition coefficient (Wildman–Crippen LogP) is 3.60. The minimum absolute atomic E-state index is 0.148. The highest BCUT2D eigenvalue weighted by Gasteiger charge is 2.20. The van der Waals surface area contributed by atoms with Gasteiger partial charge in [0.2, 0.25) is 5.89 Å². The Labute approximate surface area is 130 Å². The van der Waals surface area contributed by atoms with Crippen molar-refractivity contribution in [1.29, 1.82) is 0 Å². The van der Waals surface area contributed by atoms with E-state index in [-0.39, 0.29) is 6.04 Å². The third-order valence-corrected chi connectivity index (χ3v) is 3.63. The van der Waals surface area contributed by atoms with Crippen LogP contribution in [0.15, 0.2) is 65.2 Å². The molecule has 0 N–H and O–H groups in total. The average Bonchev–Trinajstić information content (AvgIpc) is 2.95. The number of hydrogen-bond acceptors (Lipinski definition) is 4. The van der Waals surface area contributed by atoms with Gasteiger partial charge < -0.3 is 4.52 Å². The molecule has 3 rings (SSSR count). The summed E-state index contributed by atoms with van der Waals surface area (Å²) in [5.41, 5.74) is 2.49. The minimum atomic E-state index is 0.148. The van der Waals surface area contributed by atoms with Crippen molar-refractivity contribution >= 4 is 0 Å². The normalized spacial score (nSPS) is 11.3. The molecular formula is C18H19N3O. The summed E-state index contributed by atoms with van der Waals surface area (Å²) in [7, 11) is 2.07. The van der Waals surface area contributed by atoms with Crippen molar-refractivity contribution in [2.75, 3.05) is 7.05 Å². The molecule has 0 unspecified atom stereocenters. The third kappa shape index (κ3) is 3.23. The van der Waals surface area contributed by atoms with Crippen LogP contribution in [0, 0.1) is 6.92 Å². The first-order chi connectivity index (χ1) is 10.7. The van der Waals surface area contributed by atoms with Crippen LogP contribution in [0.5, 0.6) is 0 Å². The molecule has 1 heterocycles. The third-order valence-electron chi connectivity index (χ3n) is 3.63. The van der Waals surface area contributed by atoms with E-state index in [2.05, 4.69) is 70.6 Å². The zero-order valence-corrected chi connectivity index (χ0v) is 12.8. The Bertz CT molecular complexity index is 670. The van der Waals surface area contributed by atoms with E-state index in [1.54, 1.807) is 0 Å². The second-order valence-corrected chi connectivity index (χ2v) is 5.37. The van der Waals surface area contributed by atoms with Crippen LogP contribution >= 0.6 is 0 Å². The Balaban J connectivity index is 1.91. The molecule has 0 saturated carbocycles. The molecule has 0 radical (unpaired) electrons. The highest BCUT2D eigenvalue weighted by Crippen LogP contribution is 2.28. The van der Waals surface area contributed by atoms with Crippen LogP contribution in [0.25, 0.3) is 0 Å².